The van der Waals surface area contributed by atoms with Crippen LogP contribution >= 0.6 is 11.6 Å². The summed E-state index contributed by atoms with van der Waals surface area (Å²) in [5.41, 5.74) is 0.752. The lowest BCUT2D eigenvalue weighted by atomic mass is 10.1. The van der Waals surface area contributed by atoms with Crippen LogP contribution in [0.25, 0.3) is 0 Å². The molecule has 0 bridgehead atoms. The van der Waals surface area contributed by atoms with Gasteiger partial charge in [0.2, 0.25) is 11.8 Å². The number of carbonyl (C=O) groups excluding carboxylic acids is 3. The summed E-state index contributed by atoms with van der Waals surface area (Å²) in [5.74, 6) is -1.40. The number of halogens is 1. The monoisotopic (exact) mass is 519 g/mol. The van der Waals surface area contributed by atoms with E-state index in [0.29, 0.717) is 17.0 Å². The third-order valence-corrected chi connectivity index (χ3v) is 8.34. The number of carbonyl (C=O) groups is 3. The molecule has 0 aliphatic carbocycles. The first kappa shape index (κ1) is 26.7. The van der Waals surface area contributed by atoms with E-state index in [9.17, 15) is 22.8 Å². The quantitative estimate of drug-likeness (QED) is 0.516. The summed E-state index contributed by atoms with van der Waals surface area (Å²) in [6.07, 6.45) is 0.817. The van der Waals surface area contributed by atoms with Gasteiger partial charge in [-0.2, -0.15) is 0 Å². The van der Waals surface area contributed by atoms with Crippen LogP contribution in [0.3, 0.4) is 0 Å². The molecule has 0 radical (unpaired) electrons. The van der Waals surface area contributed by atoms with Gasteiger partial charge in [0.25, 0.3) is 15.9 Å². The minimum Gasteiger partial charge on any atom is -0.352 e. The van der Waals surface area contributed by atoms with Crippen molar-refractivity contribution in [2.75, 3.05) is 6.54 Å². The Labute approximate surface area is 211 Å². The fourth-order valence-electron chi connectivity index (χ4n) is 3.96. The number of hydrogen-bond acceptors (Lipinski definition) is 5. The Hall–Kier alpha value is -2.91. The van der Waals surface area contributed by atoms with Crippen molar-refractivity contribution < 1.29 is 22.8 Å². The number of amides is 3. The van der Waals surface area contributed by atoms with Crippen LogP contribution in [0.15, 0.2) is 53.4 Å². The molecule has 0 saturated heterocycles. The van der Waals surface area contributed by atoms with E-state index < -0.39 is 27.9 Å². The molecule has 10 heteroatoms. The maximum absolute atomic E-state index is 13.4. The maximum Gasteiger partial charge on any atom is 0.269 e. The van der Waals surface area contributed by atoms with Gasteiger partial charge in [-0.1, -0.05) is 55.8 Å². The Bertz CT molecular complexity index is 1220. The minimum absolute atomic E-state index is 0.0651. The Balaban J connectivity index is 1.84. The molecule has 0 spiro atoms. The van der Waals surface area contributed by atoms with Gasteiger partial charge in [0.1, 0.15) is 10.9 Å². The highest BCUT2D eigenvalue weighted by Crippen LogP contribution is 2.30. The van der Waals surface area contributed by atoms with Crippen LogP contribution in [-0.2, 0) is 26.2 Å². The van der Waals surface area contributed by atoms with Gasteiger partial charge in [-0.05, 0) is 43.5 Å². The second kappa shape index (κ2) is 11.2. The molecule has 0 saturated carbocycles. The summed E-state index contributed by atoms with van der Waals surface area (Å²) in [5, 5.41) is 3.37. The zero-order valence-electron chi connectivity index (χ0n) is 20.0. The van der Waals surface area contributed by atoms with E-state index in [-0.39, 0.29) is 41.9 Å². The summed E-state index contributed by atoms with van der Waals surface area (Å²) in [6.45, 7) is 5.39. The Morgan fingerprint density at radius 1 is 1.06 bits per heavy atom. The highest BCUT2D eigenvalue weighted by atomic mass is 35.5. The summed E-state index contributed by atoms with van der Waals surface area (Å²) < 4.78 is 26.5. The third kappa shape index (κ3) is 5.67. The topological polar surface area (TPSA) is 104 Å². The fourth-order valence-corrected chi connectivity index (χ4v) is 5.73. The van der Waals surface area contributed by atoms with E-state index in [1.807, 2.05) is 13.8 Å². The maximum atomic E-state index is 13.4. The third-order valence-electron chi connectivity index (χ3n) is 6.13. The lowest BCUT2D eigenvalue weighted by Crippen LogP contribution is -2.51. The first-order valence-electron chi connectivity index (χ1n) is 11.6. The van der Waals surface area contributed by atoms with Crippen LogP contribution in [-0.4, -0.2) is 54.0 Å². The largest absolute Gasteiger partial charge is 0.352 e. The van der Waals surface area contributed by atoms with E-state index >= 15 is 0 Å². The summed E-state index contributed by atoms with van der Waals surface area (Å²) in [6, 6.07) is 12.1. The van der Waals surface area contributed by atoms with E-state index in [1.54, 1.807) is 43.3 Å². The van der Waals surface area contributed by atoms with Crippen LogP contribution in [0.5, 0.6) is 0 Å². The van der Waals surface area contributed by atoms with Gasteiger partial charge in [0.05, 0.1) is 5.56 Å². The molecular weight excluding hydrogens is 490 g/mol. The van der Waals surface area contributed by atoms with Gasteiger partial charge in [-0.15, -0.1) is 0 Å². The van der Waals surface area contributed by atoms with Crippen molar-refractivity contribution in [2.24, 2.45) is 0 Å². The predicted octanol–water partition coefficient (Wildman–Crippen LogP) is 3.60. The highest BCUT2D eigenvalue weighted by Gasteiger charge is 2.41. The Morgan fingerprint density at radius 3 is 2.34 bits per heavy atom. The molecule has 35 heavy (non-hydrogen) atoms. The minimum atomic E-state index is -4.03. The van der Waals surface area contributed by atoms with Crippen LogP contribution in [0.1, 0.15) is 56.0 Å². The summed E-state index contributed by atoms with van der Waals surface area (Å²) in [7, 11) is -4.03. The van der Waals surface area contributed by atoms with Crippen molar-refractivity contribution in [3.63, 3.8) is 0 Å². The molecule has 1 aliphatic heterocycles. The second-order valence-electron chi connectivity index (χ2n) is 8.48. The summed E-state index contributed by atoms with van der Waals surface area (Å²) >= 11 is 6.33. The van der Waals surface area contributed by atoms with E-state index in [2.05, 4.69) is 5.32 Å². The van der Waals surface area contributed by atoms with Gasteiger partial charge in [0.15, 0.2) is 0 Å². The number of fused-ring (bicyclic) bond motifs is 1. The zero-order chi connectivity index (χ0) is 25.8. The first-order valence-corrected chi connectivity index (χ1v) is 13.4. The van der Waals surface area contributed by atoms with Crippen molar-refractivity contribution in [1.29, 1.82) is 0 Å². The summed E-state index contributed by atoms with van der Waals surface area (Å²) in [4.78, 5) is 40.5. The zero-order valence-corrected chi connectivity index (χ0v) is 21.6. The molecule has 2 aromatic rings. The number of nitrogens with one attached hydrogen (secondary N) is 1. The Kier molecular flexibility index (Phi) is 8.56. The van der Waals surface area contributed by atoms with Gasteiger partial charge in [-0.3, -0.25) is 14.4 Å². The average molecular weight is 520 g/mol. The molecule has 3 amide bonds. The van der Waals surface area contributed by atoms with Crippen molar-refractivity contribution in [3.8, 4) is 0 Å². The molecule has 1 heterocycles. The first-order chi connectivity index (χ1) is 16.6. The molecule has 1 N–H and O–H groups in total. The molecule has 2 atom stereocenters. The van der Waals surface area contributed by atoms with E-state index in [1.165, 1.54) is 17.0 Å². The number of nitrogens with zero attached hydrogens (tertiary/aromatic N) is 2. The van der Waals surface area contributed by atoms with Crippen LogP contribution in [0.2, 0.25) is 5.02 Å². The molecule has 0 unspecified atom stereocenters. The van der Waals surface area contributed by atoms with Gasteiger partial charge < -0.3 is 10.2 Å². The van der Waals surface area contributed by atoms with Crippen LogP contribution < -0.4 is 5.32 Å². The van der Waals surface area contributed by atoms with Crippen LogP contribution in [0, 0.1) is 0 Å². The second-order valence-corrected chi connectivity index (χ2v) is 10.7. The smallest absolute Gasteiger partial charge is 0.269 e. The van der Waals surface area contributed by atoms with Gasteiger partial charge in [0, 0.05) is 30.6 Å². The molecule has 3 rings (SSSR count). The van der Waals surface area contributed by atoms with Gasteiger partial charge in [-0.25, -0.2) is 12.7 Å². The van der Waals surface area contributed by atoms with Crippen molar-refractivity contribution in [3.05, 3.63) is 64.7 Å². The molecule has 8 nitrogen and oxygen atoms in total. The van der Waals surface area contributed by atoms with Crippen molar-refractivity contribution >= 4 is 39.3 Å². The number of sulfonamides is 1. The van der Waals surface area contributed by atoms with Crippen molar-refractivity contribution in [2.45, 2.75) is 63.6 Å². The standard InChI is InChI=1S/C25H30ClN3O5S/c1-4-17(3)27-24(31)21(5-2)28(16-18-10-6-8-12-20(18)26)23(30)14-15-29-25(32)19-11-7-9-13-22(19)35(29,33)34/h6-13,17,21H,4-5,14-16H2,1-3H3,(H,27,31)/t17-,21+/m0/s1. The van der Waals surface area contributed by atoms with Crippen LogP contribution in [0.4, 0.5) is 0 Å². The lowest BCUT2D eigenvalue weighted by molar-refractivity contribution is -0.141. The average Bonchev–Trinajstić information content (AvgIpc) is 3.03. The molecule has 188 valence electrons. The Morgan fingerprint density at radius 2 is 1.71 bits per heavy atom. The normalized spacial score (nSPS) is 15.9. The van der Waals surface area contributed by atoms with E-state index in [4.69, 9.17) is 11.6 Å². The SMILES string of the molecule is CC[C@H](C(=O)N[C@@H](C)CC)N(Cc1ccccc1Cl)C(=O)CCN1C(=O)c2ccccc2S1(=O)=O. The number of hydrogen-bond donors (Lipinski definition) is 1. The predicted molar refractivity (Wildman–Crippen MR) is 133 cm³/mol. The van der Waals surface area contributed by atoms with Gasteiger partial charge >= 0.3 is 0 Å². The highest BCUT2D eigenvalue weighted by molar-refractivity contribution is 7.90. The van der Waals surface area contributed by atoms with Crippen molar-refractivity contribution in [1.82, 2.24) is 14.5 Å². The van der Waals surface area contributed by atoms with E-state index in [0.717, 1.165) is 10.7 Å². The number of benzene rings is 2. The molecule has 0 aromatic heterocycles. The molecule has 2 aromatic carbocycles. The fraction of sp³-hybridized carbons (Fsp3) is 0.400. The lowest BCUT2D eigenvalue weighted by Gasteiger charge is -2.32. The number of rotatable bonds is 10. The molecule has 0 fully saturated rings. The molecular formula is C25H30ClN3O5S. The molecule has 1 aliphatic rings.